The summed E-state index contributed by atoms with van der Waals surface area (Å²) in [5.74, 6) is -0.00449. The first-order valence-electron chi connectivity index (χ1n) is 7.27. The van der Waals surface area contributed by atoms with E-state index in [0.29, 0.717) is 5.75 Å². The molecule has 0 aliphatic carbocycles. The first kappa shape index (κ1) is 16.8. The average molecular weight is 319 g/mol. The van der Waals surface area contributed by atoms with Crippen molar-refractivity contribution in [3.05, 3.63) is 65.5 Å². The van der Waals surface area contributed by atoms with Crippen molar-refractivity contribution in [3.8, 4) is 0 Å². The normalized spacial score (nSPS) is 14.6. The Morgan fingerprint density at radius 3 is 2.27 bits per heavy atom. The van der Waals surface area contributed by atoms with Gasteiger partial charge in [-0.15, -0.1) is 0 Å². The molecule has 0 unspecified atom stereocenters. The van der Waals surface area contributed by atoms with Crippen molar-refractivity contribution in [3.63, 3.8) is 0 Å². The van der Waals surface area contributed by atoms with Crippen LogP contribution in [0.15, 0.2) is 48.5 Å². The molecule has 0 saturated carbocycles. The van der Waals surface area contributed by atoms with Gasteiger partial charge in [0.05, 0.1) is 11.6 Å². The van der Waals surface area contributed by atoms with Crippen LogP contribution in [-0.2, 0) is 11.2 Å². The van der Waals surface area contributed by atoms with Crippen LogP contribution in [0.2, 0.25) is 0 Å². The fourth-order valence-electron chi connectivity index (χ4n) is 2.25. The van der Waals surface area contributed by atoms with E-state index in [4.69, 9.17) is 5.73 Å². The van der Waals surface area contributed by atoms with Gasteiger partial charge in [-0.3, -0.25) is 0 Å². The van der Waals surface area contributed by atoms with Crippen LogP contribution in [0.25, 0.3) is 0 Å². The van der Waals surface area contributed by atoms with Crippen LogP contribution in [0, 0.1) is 5.82 Å². The van der Waals surface area contributed by atoms with E-state index in [-0.39, 0.29) is 16.4 Å². The summed E-state index contributed by atoms with van der Waals surface area (Å²) >= 11 is -1.01. The van der Waals surface area contributed by atoms with Gasteiger partial charge in [0.15, 0.2) is 0 Å². The minimum Gasteiger partial charge on any atom is -0.616 e. The summed E-state index contributed by atoms with van der Waals surface area (Å²) in [6.07, 6.45) is 0. The van der Waals surface area contributed by atoms with Crippen molar-refractivity contribution in [1.82, 2.24) is 0 Å². The molecule has 2 aromatic rings. The van der Waals surface area contributed by atoms with Crippen LogP contribution >= 0.6 is 0 Å². The summed E-state index contributed by atoms with van der Waals surface area (Å²) in [4.78, 5) is 0. The number of nitrogen functional groups attached to an aromatic ring is 1. The van der Waals surface area contributed by atoms with Crippen LogP contribution in [0.5, 0.6) is 0 Å². The zero-order valence-corrected chi connectivity index (χ0v) is 14.0. The molecule has 2 atom stereocenters. The first-order valence-corrected chi connectivity index (χ1v) is 8.59. The maximum absolute atomic E-state index is 13.4. The Kier molecular flexibility index (Phi) is 5.14. The third-order valence-electron chi connectivity index (χ3n) is 3.63. The van der Waals surface area contributed by atoms with E-state index in [1.54, 1.807) is 12.1 Å². The number of halogens is 1. The number of hydrogen-bond donors (Lipinski definition) is 1. The van der Waals surface area contributed by atoms with Crippen molar-refractivity contribution in [2.24, 2.45) is 0 Å². The Bertz CT molecular complexity index is 625. The molecule has 2 rings (SSSR count). The Balaban J connectivity index is 2.39. The summed E-state index contributed by atoms with van der Waals surface area (Å²) < 4.78 is 25.7. The molecule has 2 aromatic carbocycles. The molecule has 0 aliphatic heterocycles. The molecule has 0 aromatic heterocycles. The van der Waals surface area contributed by atoms with Crippen molar-refractivity contribution in [2.45, 2.75) is 31.4 Å². The molecule has 0 saturated heterocycles. The van der Waals surface area contributed by atoms with Gasteiger partial charge >= 0.3 is 0 Å². The molecule has 0 fully saturated rings. The lowest BCUT2D eigenvalue weighted by atomic mass is 9.92. The molecular formula is C18H22FNOS. The summed E-state index contributed by atoms with van der Waals surface area (Å²) in [6.45, 7) is 5.89. The first-order chi connectivity index (χ1) is 10.3. The second kappa shape index (κ2) is 6.71. The second-order valence-electron chi connectivity index (χ2n) is 6.37. The lowest BCUT2D eigenvalue weighted by molar-refractivity contribution is 0.555. The molecule has 4 heteroatoms. The van der Waals surface area contributed by atoms with E-state index < -0.39 is 17.0 Å². The number of benzene rings is 2. The maximum atomic E-state index is 13.4. The largest absolute Gasteiger partial charge is 0.616 e. The summed E-state index contributed by atoms with van der Waals surface area (Å²) in [5, 5.41) is 0. The summed E-state index contributed by atoms with van der Waals surface area (Å²) in [6, 6.07) is 14.6. The van der Waals surface area contributed by atoms with Gasteiger partial charge in [0.25, 0.3) is 0 Å². The third-order valence-corrected chi connectivity index (χ3v) is 5.63. The lowest BCUT2D eigenvalue weighted by Gasteiger charge is -2.28. The van der Waals surface area contributed by atoms with Gasteiger partial charge < -0.3 is 10.3 Å². The van der Waals surface area contributed by atoms with Gasteiger partial charge in [0.2, 0.25) is 0 Å². The minimum absolute atomic E-state index is 0.0656. The zero-order valence-electron chi connectivity index (χ0n) is 13.2. The molecule has 0 heterocycles. The van der Waals surface area contributed by atoms with E-state index in [9.17, 15) is 8.94 Å². The fraction of sp³-hybridized carbons (Fsp3) is 0.333. The highest BCUT2D eigenvalue weighted by molar-refractivity contribution is 7.92. The SMILES string of the molecule is CC(C)(C)[S@@+]([O-])C[C@H](c1ccccc1)c1ccc(F)c(N)c1. The molecule has 2 nitrogen and oxygen atoms in total. The predicted octanol–water partition coefficient (Wildman–Crippen LogP) is 4.09. The average Bonchev–Trinajstić information content (AvgIpc) is 2.47. The third kappa shape index (κ3) is 4.02. The maximum Gasteiger partial charge on any atom is 0.146 e. The van der Waals surface area contributed by atoms with E-state index in [1.807, 2.05) is 51.1 Å². The van der Waals surface area contributed by atoms with E-state index in [2.05, 4.69) is 0 Å². The Morgan fingerprint density at radius 2 is 1.73 bits per heavy atom. The predicted molar refractivity (Wildman–Crippen MR) is 91.9 cm³/mol. The minimum atomic E-state index is -1.01. The summed E-state index contributed by atoms with van der Waals surface area (Å²) in [7, 11) is 0. The van der Waals surface area contributed by atoms with Crippen LogP contribution in [0.3, 0.4) is 0 Å². The van der Waals surface area contributed by atoms with E-state index in [0.717, 1.165) is 11.1 Å². The number of nitrogens with two attached hydrogens (primary N) is 1. The Labute approximate surface area is 134 Å². The molecule has 0 radical (unpaired) electrons. The molecule has 0 bridgehead atoms. The van der Waals surface area contributed by atoms with E-state index >= 15 is 0 Å². The van der Waals surface area contributed by atoms with Gasteiger partial charge in [0.1, 0.15) is 16.3 Å². The number of anilines is 1. The second-order valence-corrected chi connectivity index (χ2v) is 8.62. The standard InChI is InChI=1S/C18H22FNOS/c1-18(2,3)22(21)12-15(13-7-5-4-6-8-13)14-9-10-16(19)17(20)11-14/h4-11,15H,12,20H2,1-3H3/t15-,22+/m1/s1. The molecular weight excluding hydrogens is 297 g/mol. The van der Waals surface area contributed by atoms with Gasteiger partial charge in [-0.2, -0.15) is 0 Å². The molecule has 0 spiro atoms. The molecule has 22 heavy (non-hydrogen) atoms. The highest BCUT2D eigenvalue weighted by Gasteiger charge is 2.30. The Morgan fingerprint density at radius 1 is 1.09 bits per heavy atom. The van der Waals surface area contributed by atoms with Crippen LogP contribution < -0.4 is 5.73 Å². The fourth-order valence-corrected chi connectivity index (χ4v) is 3.44. The monoisotopic (exact) mass is 319 g/mol. The molecule has 2 N–H and O–H groups in total. The number of hydrogen-bond acceptors (Lipinski definition) is 2. The topological polar surface area (TPSA) is 49.1 Å². The van der Waals surface area contributed by atoms with Gasteiger partial charge in [-0.1, -0.05) is 36.4 Å². The van der Waals surface area contributed by atoms with Crippen LogP contribution in [0.4, 0.5) is 10.1 Å². The Hall–Kier alpha value is -1.52. The van der Waals surface area contributed by atoms with Gasteiger partial charge in [-0.05, 0) is 55.2 Å². The van der Waals surface area contributed by atoms with Gasteiger partial charge in [-0.25, -0.2) is 4.39 Å². The van der Waals surface area contributed by atoms with Crippen molar-refractivity contribution in [2.75, 3.05) is 11.5 Å². The van der Waals surface area contributed by atoms with Gasteiger partial charge in [0, 0.05) is 0 Å². The zero-order chi connectivity index (χ0) is 16.3. The van der Waals surface area contributed by atoms with Crippen LogP contribution in [-0.4, -0.2) is 15.1 Å². The van der Waals surface area contributed by atoms with Crippen molar-refractivity contribution in [1.29, 1.82) is 0 Å². The highest BCUT2D eigenvalue weighted by Crippen LogP contribution is 2.31. The van der Waals surface area contributed by atoms with Crippen molar-refractivity contribution < 1.29 is 8.94 Å². The van der Waals surface area contributed by atoms with Crippen LogP contribution in [0.1, 0.15) is 37.8 Å². The van der Waals surface area contributed by atoms with Crippen molar-refractivity contribution >= 4 is 16.9 Å². The lowest BCUT2D eigenvalue weighted by Crippen LogP contribution is -2.33. The highest BCUT2D eigenvalue weighted by atomic mass is 32.2. The molecule has 0 aliphatic rings. The quantitative estimate of drug-likeness (QED) is 0.681. The smallest absolute Gasteiger partial charge is 0.146 e. The molecule has 0 amide bonds. The number of rotatable bonds is 4. The van der Waals surface area contributed by atoms with E-state index in [1.165, 1.54) is 6.07 Å². The molecule has 118 valence electrons. The summed E-state index contributed by atoms with van der Waals surface area (Å²) in [5.41, 5.74) is 7.78.